The van der Waals surface area contributed by atoms with E-state index in [9.17, 15) is 0 Å². The monoisotopic (exact) mass is 287 g/mol. The number of thioether (sulfide) groups is 1. The molecule has 0 saturated heterocycles. The fraction of sp³-hybridized carbons (Fsp3) is 0.375. The van der Waals surface area contributed by atoms with E-state index in [4.69, 9.17) is 5.73 Å². The molecule has 106 valence electrons. The smallest absolute Gasteiger partial charge is 0.187 e. The summed E-state index contributed by atoms with van der Waals surface area (Å²) in [5.74, 6) is 0.786. The lowest BCUT2D eigenvalue weighted by Gasteiger charge is -2.17. The molecule has 20 heavy (non-hydrogen) atoms. The van der Waals surface area contributed by atoms with Gasteiger partial charge in [-0.2, -0.15) is 0 Å². The Morgan fingerprint density at radius 3 is 2.40 bits per heavy atom. The lowest BCUT2D eigenvalue weighted by atomic mass is 9.95. The molecule has 1 aromatic carbocycles. The van der Waals surface area contributed by atoms with Crippen LogP contribution < -0.4 is 5.73 Å². The molecule has 0 bridgehead atoms. The second-order valence-electron chi connectivity index (χ2n) is 5.21. The van der Waals surface area contributed by atoms with Crippen LogP contribution in [0.3, 0.4) is 0 Å². The highest BCUT2D eigenvalue weighted by molar-refractivity contribution is 7.99. The minimum Gasteiger partial charge on any atom is -0.323 e. The van der Waals surface area contributed by atoms with Crippen molar-refractivity contribution >= 4 is 11.8 Å². The van der Waals surface area contributed by atoms with Crippen LogP contribution in [0.2, 0.25) is 0 Å². The van der Waals surface area contributed by atoms with E-state index < -0.39 is 0 Å². The van der Waals surface area contributed by atoms with E-state index in [1.54, 1.807) is 18.0 Å². The van der Waals surface area contributed by atoms with Crippen molar-refractivity contribution in [2.24, 2.45) is 5.73 Å². The first-order valence-corrected chi connectivity index (χ1v) is 7.71. The predicted octanol–water partition coefficient (Wildman–Crippen LogP) is 3.50. The number of nitrogens with zero attached hydrogens (tertiary/aromatic N) is 2. The summed E-state index contributed by atoms with van der Waals surface area (Å²) in [6.07, 6.45) is 1.79. The molecule has 0 aliphatic carbocycles. The Kier molecular flexibility index (Phi) is 4.78. The van der Waals surface area contributed by atoms with Crippen molar-refractivity contribution in [1.82, 2.24) is 9.97 Å². The molecule has 0 saturated carbocycles. The number of aromatic nitrogens is 2. The van der Waals surface area contributed by atoms with E-state index in [-0.39, 0.29) is 6.04 Å². The quantitative estimate of drug-likeness (QED) is 0.690. The topological polar surface area (TPSA) is 51.8 Å². The Bertz CT molecular complexity index is 587. The van der Waals surface area contributed by atoms with Crippen molar-refractivity contribution in [3.05, 3.63) is 52.3 Å². The third-order valence-corrected chi connectivity index (χ3v) is 4.25. The highest BCUT2D eigenvalue weighted by atomic mass is 32.2. The molecular formula is C16H21N3S. The third kappa shape index (κ3) is 3.58. The van der Waals surface area contributed by atoms with E-state index in [0.717, 1.165) is 16.6 Å². The van der Waals surface area contributed by atoms with Crippen LogP contribution in [0.4, 0.5) is 0 Å². The van der Waals surface area contributed by atoms with E-state index >= 15 is 0 Å². The molecule has 1 atom stereocenters. The Hall–Kier alpha value is -1.39. The van der Waals surface area contributed by atoms with Crippen LogP contribution in [0.5, 0.6) is 0 Å². The first-order chi connectivity index (χ1) is 9.47. The molecule has 0 amide bonds. The van der Waals surface area contributed by atoms with Crippen molar-refractivity contribution in [3.8, 4) is 0 Å². The fourth-order valence-electron chi connectivity index (χ4n) is 2.52. The summed E-state index contributed by atoms with van der Waals surface area (Å²) in [5.41, 5.74) is 12.4. The fourth-order valence-corrected chi connectivity index (χ4v) is 3.36. The lowest BCUT2D eigenvalue weighted by Crippen LogP contribution is -2.16. The molecule has 2 N–H and O–H groups in total. The van der Waals surface area contributed by atoms with Gasteiger partial charge in [-0.05, 0) is 50.5 Å². The van der Waals surface area contributed by atoms with Crippen LogP contribution >= 0.6 is 11.8 Å². The number of nitrogens with two attached hydrogens (primary N) is 1. The second kappa shape index (κ2) is 6.37. The summed E-state index contributed by atoms with van der Waals surface area (Å²) >= 11 is 1.61. The van der Waals surface area contributed by atoms with Gasteiger partial charge in [-0.15, -0.1) is 0 Å². The zero-order chi connectivity index (χ0) is 14.7. The van der Waals surface area contributed by atoms with Gasteiger partial charge in [-0.25, -0.2) is 9.97 Å². The van der Waals surface area contributed by atoms with Gasteiger partial charge < -0.3 is 5.73 Å². The normalized spacial score (nSPS) is 12.4. The van der Waals surface area contributed by atoms with Gasteiger partial charge in [0.2, 0.25) is 0 Å². The molecule has 2 rings (SSSR count). The average Bonchev–Trinajstić information content (AvgIpc) is 2.35. The zero-order valence-electron chi connectivity index (χ0n) is 12.5. The van der Waals surface area contributed by atoms with Crippen LogP contribution in [-0.2, 0) is 0 Å². The summed E-state index contributed by atoms with van der Waals surface area (Å²) in [6, 6.07) is 6.29. The molecule has 0 fully saturated rings. The van der Waals surface area contributed by atoms with Gasteiger partial charge in [-0.3, -0.25) is 0 Å². The molecule has 1 heterocycles. The molecule has 0 aliphatic rings. The minimum atomic E-state index is 0.00436. The van der Waals surface area contributed by atoms with Gasteiger partial charge in [0.15, 0.2) is 5.16 Å². The zero-order valence-corrected chi connectivity index (χ0v) is 13.3. The third-order valence-electron chi connectivity index (χ3n) is 3.27. The highest BCUT2D eigenvalue weighted by Crippen LogP contribution is 2.26. The van der Waals surface area contributed by atoms with Gasteiger partial charge in [0, 0.05) is 23.7 Å². The van der Waals surface area contributed by atoms with Gasteiger partial charge in [0.1, 0.15) is 0 Å². The summed E-state index contributed by atoms with van der Waals surface area (Å²) in [6.45, 7) is 8.34. The molecule has 0 spiro atoms. The van der Waals surface area contributed by atoms with Crippen LogP contribution in [0.1, 0.15) is 34.0 Å². The number of aryl methyl sites for hydroxylation is 4. The molecule has 3 nitrogen and oxygen atoms in total. The van der Waals surface area contributed by atoms with Crippen molar-refractivity contribution < 1.29 is 0 Å². The van der Waals surface area contributed by atoms with Crippen molar-refractivity contribution in [3.63, 3.8) is 0 Å². The predicted molar refractivity (Wildman–Crippen MR) is 85.1 cm³/mol. The first kappa shape index (κ1) is 15.0. The summed E-state index contributed by atoms with van der Waals surface area (Å²) in [7, 11) is 0. The largest absolute Gasteiger partial charge is 0.323 e. The summed E-state index contributed by atoms with van der Waals surface area (Å²) in [5, 5.41) is 0.794. The first-order valence-electron chi connectivity index (χ1n) is 6.73. The average molecular weight is 287 g/mol. The Morgan fingerprint density at radius 1 is 1.15 bits per heavy atom. The molecule has 1 unspecified atom stereocenters. The van der Waals surface area contributed by atoms with Crippen LogP contribution in [0.15, 0.2) is 29.6 Å². The molecule has 2 aromatic rings. The molecule has 1 aromatic heterocycles. The minimum absolute atomic E-state index is 0.00436. The van der Waals surface area contributed by atoms with Gasteiger partial charge in [-0.1, -0.05) is 29.5 Å². The molecule has 4 heteroatoms. The van der Waals surface area contributed by atoms with Crippen LogP contribution in [0, 0.1) is 27.7 Å². The Morgan fingerprint density at radius 2 is 1.80 bits per heavy atom. The number of rotatable bonds is 4. The summed E-state index contributed by atoms with van der Waals surface area (Å²) in [4.78, 5) is 8.65. The van der Waals surface area contributed by atoms with E-state index in [2.05, 4.69) is 42.9 Å². The van der Waals surface area contributed by atoms with Gasteiger partial charge in [0.05, 0.1) is 0 Å². The van der Waals surface area contributed by atoms with Crippen molar-refractivity contribution in [1.29, 1.82) is 0 Å². The van der Waals surface area contributed by atoms with Gasteiger partial charge in [0.25, 0.3) is 0 Å². The highest BCUT2D eigenvalue weighted by Gasteiger charge is 2.13. The van der Waals surface area contributed by atoms with Gasteiger partial charge >= 0.3 is 0 Å². The maximum atomic E-state index is 6.36. The number of hydrogen-bond acceptors (Lipinski definition) is 4. The lowest BCUT2D eigenvalue weighted by molar-refractivity contribution is 0.808. The van der Waals surface area contributed by atoms with Crippen molar-refractivity contribution in [2.75, 3.05) is 5.75 Å². The molecule has 0 radical (unpaired) electrons. The van der Waals surface area contributed by atoms with Crippen molar-refractivity contribution in [2.45, 2.75) is 38.9 Å². The van der Waals surface area contributed by atoms with E-state index in [0.29, 0.717) is 0 Å². The van der Waals surface area contributed by atoms with Crippen LogP contribution in [-0.4, -0.2) is 15.7 Å². The standard InChI is InChI=1S/C16H21N3S/c1-10-7-11(2)15(12(3)8-10)14(17)9-20-16-18-6-5-13(4)19-16/h5-8,14H,9,17H2,1-4H3. The molecule has 0 aliphatic heterocycles. The van der Waals surface area contributed by atoms with E-state index in [1.807, 2.05) is 13.0 Å². The second-order valence-corrected chi connectivity index (χ2v) is 6.20. The number of benzene rings is 1. The van der Waals surface area contributed by atoms with Crippen LogP contribution in [0.25, 0.3) is 0 Å². The molecular weight excluding hydrogens is 266 g/mol. The SMILES string of the molecule is Cc1cc(C)c(C(N)CSc2nccc(C)n2)c(C)c1. The Balaban J connectivity index is 2.11. The maximum Gasteiger partial charge on any atom is 0.187 e. The Labute approximate surface area is 125 Å². The maximum absolute atomic E-state index is 6.36. The number of hydrogen-bond donors (Lipinski definition) is 1. The van der Waals surface area contributed by atoms with E-state index in [1.165, 1.54) is 22.3 Å². The summed E-state index contributed by atoms with van der Waals surface area (Å²) < 4.78 is 0.